The second-order valence-corrected chi connectivity index (χ2v) is 6.97. The summed E-state index contributed by atoms with van der Waals surface area (Å²) in [5.74, 6) is 0. The third kappa shape index (κ3) is 2.76. The van der Waals surface area contributed by atoms with E-state index in [4.69, 9.17) is 0 Å². The first-order valence-corrected chi connectivity index (χ1v) is 8.27. The van der Waals surface area contributed by atoms with Crippen LogP contribution in [-0.2, 0) is 10.0 Å². The molecule has 1 fully saturated rings. The number of benzene rings is 1. The number of fused-ring (bicyclic) bond motifs is 1. The summed E-state index contributed by atoms with van der Waals surface area (Å²) in [4.78, 5) is 4.22. The van der Waals surface area contributed by atoms with E-state index in [9.17, 15) is 8.42 Å². The van der Waals surface area contributed by atoms with E-state index >= 15 is 0 Å². The Kier molecular flexibility index (Phi) is 3.58. The molecule has 0 aliphatic carbocycles. The molecule has 106 valence electrons. The van der Waals surface area contributed by atoms with Gasteiger partial charge in [-0.25, -0.2) is 8.42 Å². The van der Waals surface area contributed by atoms with E-state index in [1.165, 1.54) is 0 Å². The van der Waals surface area contributed by atoms with Crippen molar-refractivity contribution in [2.45, 2.75) is 18.1 Å². The zero-order chi connectivity index (χ0) is 14.0. The topological polar surface area (TPSA) is 71.1 Å². The van der Waals surface area contributed by atoms with Crippen LogP contribution in [0, 0.1) is 0 Å². The lowest BCUT2D eigenvalue weighted by molar-refractivity contribution is 0.499. The summed E-state index contributed by atoms with van der Waals surface area (Å²) in [6.45, 7) is 1.51. The number of anilines is 1. The molecule has 0 atom stereocenters. The van der Waals surface area contributed by atoms with Crippen molar-refractivity contribution >= 4 is 26.6 Å². The molecule has 3 rings (SSSR count). The van der Waals surface area contributed by atoms with Gasteiger partial charge >= 0.3 is 0 Å². The molecule has 1 saturated heterocycles. The predicted octanol–water partition coefficient (Wildman–Crippen LogP) is 1.73. The van der Waals surface area contributed by atoms with Gasteiger partial charge in [-0.05, 0) is 50.2 Å². The maximum absolute atomic E-state index is 12.3. The maximum Gasteiger partial charge on any atom is 0.235 e. The number of aromatic nitrogens is 1. The molecule has 0 saturated carbocycles. The van der Waals surface area contributed by atoms with Gasteiger partial charge in [0.05, 0.1) is 10.8 Å². The highest BCUT2D eigenvalue weighted by Crippen LogP contribution is 2.21. The third-order valence-corrected chi connectivity index (χ3v) is 5.46. The van der Waals surface area contributed by atoms with Gasteiger partial charge in [0, 0.05) is 17.3 Å². The molecule has 1 aromatic heterocycles. The van der Waals surface area contributed by atoms with Gasteiger partial charge in [-0.2, -0.15) is 0 Å². The van der Waals surface area contributed by atoms with Crippen LogP contribution in [0.5, 0.6) is 0 Å². The molecule has 0 spiro atoms. The molecular weight excluding hydrogens is 274 g/mol. The minimum Gasteiger partial charge on any atom is -0.317 e. The zero-order valence-electron chi connectivity index (χ0n) is 11.0. The van der Waals surface area contributed by atoms with Crippen LogP contribution in [0.4, 0.5) is 5.69 Å². The van der Waals surface area contributed by atoms with E-state index in [-0.39, 0.29) is 5.25 Å². The van der Waals surface area contributed by atoms with Crippen molar-refractivity contribution in [2.24, 2.45) is 0 Å². The summed E-state index contributed by atoms with van der Waals surface area (Å²) in [6, 6.07) is 9.17. The minimum absolute atomic E-state index is 0.312. The van der Waals surface area contributed by atoms with E-state index < -0.39 is 10.0 Å². The average Bonchev–Trinajstić information content (AvgIpc) is 2.48. The number of hydrogen-bond donors (Lipinski definition) is 2. The van der Waals surface area contributed by atoms with Crippen LogP contribution in [0.3, 0.4) is 0 Å². The van der Waals surface area contributed by atoms with E-state index in [1.807, 2.05) is 24.3 Å². The van der Waals surface area contributed by atoms with Gasteiger partial charge in [0.2, 0.25) is 10.0 Å². The Morgan fingerprint density at radius 1 is 1.20 bits per heavy atom. The Morgan fingerprint density at radius 2 is 2.00 bits per heavy atom. The maximum atomic E-state index is 12.3. The highest BCUT2D eigenvalue weighted by atomic mass is 32.2. The number of nitrogens with one attached hydrogen (secondary N) is 2. The van der Waals surface area contributed by atoms with E-state index in [1.54, 1.807) is 12.3 Å². The van der Waals surface area contributed by atoms with Gasteiger partial charge in [-0.3, -0.25) is 9.71 Å². The average molecular weight is 291 g/mol. The zero-order valence-corrected chi connectivity index (χ0v) is 11.9. The summed E-state index contributed by atoms with van der Waals surface area (Å²) in [7, 11) is -3.32. The largest absolute Gasteiger partial charge is 0.317 e. The quantitative estimate of drug-likeness (QED) is 0.903. The molecule has 20 heavy (non-hydrogen) atoms. The Hall–Kier alpha value is -1.66. The first-order chi connectivity index (χ1) is 9.65. The molecule has 0 bridgehead atoms. The first kappa shape index (κ1) is 13.3. The van der Waals surface area contributed by atoms with Crippen molar-refractivity contribution in [2.75, 3.05) is 17.8 Å². The molecule has 2 N–H and O–H groups in total. The van der Waals surface area contributed by atoms with Crippen LogP contribution in [0.1, 0.15) is 12.8 Å². The number of piperidine rings is 1. The van der Waals surface area contributed by atoms with Gasteiger partial charge in [0.1, 0.15) is 0 Å². The highest BCUT2D eigenvalue weighted by molar-refractivity contribution is 7.93. The molecule has 5 nitrogen and oxygen atoms in total. The molecule has 1 aromatic carbocycles. The molecular formula is C14H17N3O2S. The second kappa shape index (κ2) is 5.38. The molecule has 2 heterocycles. The smallest absolute Gasteiger partial charge is 0.235 e. The van der Waals surface area contributed by atoms with Crippen molar-refractivity contribution < 1.29 is 8.42 Å². The molecule has 0 amide bonds. The van der Waals surface area contributed by atoms with Crippen molar-refractivity contribution in [3.63, 3.8) is 0 Å². The predicted molar refractivity (Wildman–Crippen MR) is 80.2 cm³/mol. The standard InChI is InChI=1S/C14H17N3O2S/c18-20(19,13-5-8-15-9-6-13)17-12-3-4-14-11(10-12)2-1-7-16-14/h1-4,7,10,13,15,17H,5-6,8-9H2. The normalized spacial score (nSPS) is 17.2. The van der Waals surface area contributed by atoms with Gasteiger partial charge in [-0.15, -0.1) is 0 Å². The van der Waals surface area contributed by atoms with Crippen LogP contribution in [0.2, 0.25) is 0 Å². The molecule has 1 aliphatic rings. The third-order valence-electron chi connectivity index (χ3n) is 3.59. The second-order valence-electron chi connectivity index (χ2n) is 5.01. The van der Waals surface area contributed by atoms with Crippen LogP contribution in [0.15, 0.2) is 36.5 Å². The van der Waals surface area contributed by atoms with E-state index in [2.05, 4.69) is 15.0 Å². The molecule has 0 unspecified atom stereocenters. The van der Waals surface area contributed by atoms with E-state index in [0.717, 1.165) is 24.0 Å². The lowest BCUT2D eigenvalue weighted by Gasteiger charge is -2.23. The van der Waals surface area contributed by atoms with Crippen LogP contribution in [0.25, 0.3) is 10.9 Å². The van der Waals surface area contributed by atoms with Crippen LogP contribution in [-0.4, -0.2) is 31.7 Å². The molecule has 1 aliphatic heterocycles. The Bertz CT molecular complexity index is 709. The fourth-order valence-corrected chi connectivity index (χ4v) is 3.97. The molecule has 2 aromatic rings. The summed E-state index contributed by atoms with van der Waals surface area (Å²) in [5, 5.41) is 3.79. The SMILES string of the molecule is O=S(=O)(Nc1ccc2ncccc2c1)C1CCNCC1. The number of sulfonamides is 1. The monoisotopic (exact) mass is 291 g/mol. The van der Waals surface area contributed by atoms with Crippen LogP contribution < -0.4 is 10.0 Å². The Balaban J connectivity index is 1.84. The Labute approximate surface area is 118 Å². The molecule has 0 radical (unpaired) electrons. The first-order valence-electron chi connectivity index (χ1n) is 6.72. The highest BCUT2D eigenvalue weighted by Gasteiger charge is 2.27. The lowest BCUT2D eigenvalue weighted by atomic mass is 10.2. The summed E-state index contributed by atoms with van der Waals surface area (Å²) in [5.41, 5.74) is 1.46. The Morgan fingerprint density at radius 3 is 2.80 bits per heavy atom. The summed E-state index contributed by atoms with van der Waals surface area (Å²) in [6.07, 6.45) is 3.04. The van der Waals surface area contributed by atoms with Gasteiger partial charge < -0.3 is 5.32 Å². The van der Waals surface area contributed by atoms with Crippen molar-refractivity contribution in [3.05, 3.63) is 36.5 Å². The number of nitrogens with zero attached hydrogens (tertiary/aromatic N) is 1. The minimum atomic E-state index is -3.32. The fourth-order valence-electron chi connectivity index (χ4n) is 2.49. The fraction of sp³-hybridized carbons (Fsp3) is 0.357. The van der Waals surface area contributed by atoms with Gasteiger partial charge in [0.25, 0.3) is 0 Å². The van der Waals surface area contributed by atoms with Crippen LogP contribution >= 0.6 is 0 Å². The van der Waals surface area contributed by atoms with Crippen molar-refractivity contribution in [1.29, 1.82) is 0 Å². The number of rotatable bonds is 3. The van der Waals surface area contributed by atoms with Crippen molar-refractivity contribution in [1.82, 2.24) is 10.3 Å². The number of pyridine rings is 1. The van der Waals surface area contributed by atoms with Gasteiger partial charge in [-0.1, -0.05) is 6.07 Å². The number of hydrogen-bond acceptors (Lipinski definition) is 4. The van der Waals surface area contributed by atoms with E-state index in [0.29, 0.717) is 18.5 Å². The van der Waals surface area contributed by atoms with Gasteiger partial charge in [0.15, 0.2) is 0 Å². The molecule has 6 heteroatoms. The van der Waals surface area contributed by atoms with Crippen molar-refractivity contribution in [3.8, 4) is 0 Å². The summed E-state index contributed by atoms with van der Waals surface area (Å²) < 4.78 is 27.4. The summed E-state index contributed by atoms with van der Waals surface area (Å²) >= 11 is 0. The lowest BCUT2D eigenvalue weighted by Crippen LogP contribution is -2.38.